The minimum atomic E-state index is -0.418. The number of carbonyl (C=O) groups is 2. The Kier molecular flexibility index (Phi) is 4.90. The van der Waals surface area contributed by atoms with Crippen LogP contribution in [0.1, 0.15) is 30.0 Å². The number of carbonyl (C=O) groups excluding carboxylic acids is 2. The van der Waals surface area contributed by atoms with Crippen molar-refractivity contribution in [2.45, 2.75) is 26.0 Å². The molecule has 0 radical (unpaired) electrons. The van der Waals surface area contributed by atoms with Crippen molar-refractivity contribution in [3.63, 3.8) is 0 Å². The van der Waals surface area contributed by atoms with Crippen LogP contribution in [0.25, 0.3) is 10.2 Å². The molecule has 0 aliphatic carbocycles. The molecule has 1 aromatic heterocycles. The second-order valence-electron chi connectivity index (χ2n) is 6.72. The molecule has 1 aliphatic heterocycles. The summed E-state index contributed by atoms with van der Waals surface area (Å²) in [7, 11) is 0. The van der Waals surface area contributed by atoms with E-state index in [1.54, 1.807) is 4.90 Å². The van der Waals surface area contributed by atoms with Gasteiger partial charge in [-0.3, -0.25) is 9.59 Å². The van der Waals surface area contributed by atoms with Crippen LogP contribution in [0.2, 0.25) is 0 Å². The van der Waals surface area contributed by atoms with Crippen molar-refractivity contribution in [1.82, 2.24) is 9.88 Å². The van der Waals surface area contributed by atoms with Crippen molar-refractivity contribution in [3.05, 3.63) is 65.2 Å². The Morgan fingerprint density at radius 3 is 2.74 bits per heavy atom. The molecule has 5 nitrogen and oxygen atoms in total. The lowest BCUT2D eigenvalue weighted by molar-refractivity contribution is -0.149. The van der Waals surface area contributed by atoms with Crippen LogP contribution in [0.3, 0.4) is 0 Å². The van der Waals surface area contributed by atoms with Crippen LogP contribution >= 0.6 is 11.3 Å². The lowest BCUT2D eigenvalue weighted by Crippen LogP contribution is -2.29. The fourth-order valence-corrected chi connectivity index (χ4v) is 4.29. The van der Waals surface area contributed by atoms with E-state index in [9.17, 15) is 9.59 Å². The second-order valence-corrected chi connectivity index (χ2v) is 7.83. The largest absolute Gasteiger partial charge is 0.458 e. The highest BCUT2D eigenvalue weighted by molar-refractivity contribution is 7.18. The van der Waals surface area contributed by atoms with Crippen LogP contribution in [-0.4, -0.2) is 28.3 Å². The molecule has 0 spiro atoms. The molecule has 2 heterocycles. The highest BCUT2D eigenvalue weighted by atomic mass is 32.1. The first kappa shape index (κ1) is 17.7. The minimum absolute atomic E-state index is 0.00621. The standard InChI is InChI=1S/C21H20N2O3S/c1-14(15-7-3-2-4-8-15)23-12-16(11-20(23)24)21(25)26-13-19-22-17-9-5-6-10-18(17)27-19/h2-10,14,16H,11-13H2,1H3/t14-,16-/m1/s1. The molecule has 1 amide bonds. The molecular formula is C21H20N2O3S. The zero-order chi connectivity index (χ0) is 18.8. The zero-order valence-corrected chi connectivity index (χ0v) is 15.8. The van der Waals surface area contributed by atoms with Crippen molar-refractivity contribution in [2.75, 3.05) is 6.54 Å². The summed E-state index contributed by atoms with van der Waals surface area (Å²) >= 11 is 1.52. The van der Waals surface area contributed by atoms with E-state index in [0.717, 1.165) is 20.8 Å². The molecule has 0 bridgehead atoms. The van der Waals surface area contributed by atoms with Gasteiger partial charge in [0, 0.05) is 13.0 Å². The molecule has 2 aromatic carbocycles. The number of ether oxygens (including phenoxy) is 1. The first-order valence-corrected chi connectivity index (χ1v) is 9.79. The minimum Gasteiger partial charge on any atom is -0.458 e. The highest BCUT2D eigenvalue weighted by Crippen LogP contribution is 2.29. The molecule has 138 valence electrons. The Balaban J connectivity index is 1.37. The van der Waals surface area contributed by atoms with Crippen LogP contribution in [-0.2, 0) is 20.9 Å². The van der Waals surface area contributed by atoms with Gasteiger partial charge in [-0.1, -0.05) is 42.5 Å². The molecule has 1 aliphatic rings. The molecule has 4 rings (SSSR count). The number of nitrogens with zero attached hydrogens (tertiary/aromatic N) is 2. The van der Waals surface area contributed by atoms with Gasteiger partial charge in [0.05, 0.1) is 22.2 Å². The van der Waals surface area contributed by atoms with Crippen LogP contribution in [0.4, 0.5) is 0 Å². The number of thiazole rings is 1. The lowest BCUT2D eigenvalue weighted by Gasteiger charge is -2.25. The third-order valence-electron chi connectivity index (χ3n) is 4.92. The summed E-state index contributed by atoms with van der Waals surface area (Å²) in [5.74, 6) is -0.753. The van der Waals surface area contributed by atoms with Gasteiger partial charge in [-0.2, -0.15) is 0 Å². The molecule has 0 N–H and O–H groups in total. The molecule has 2 atom stereocenters. The molecule has 1 saturated heterocycles. The van der Waals surface area contributed by atoms with Gasteiger partial charge in [0.25, 0.3) is 0 Å². The van der Waals surface area contributed by atoms with Crippen LogP contribution < -0.4 is 0 Å². The van der Waals surface area contributed by atoms with Crippen LogP contribution in [0.5, 0.6) is 0 Å². The van der Waals surface area contributed by atoms with E-state index in [1.807, 2.05) is 61.5 Å². The van der Waals surface area contributed by atoms with E-state index in [-0.39, 0.29) is 30.9 Å². The van der Waals surface area contributed by atoms with Crippen molar-refractivity contribution in [3.8, 4) is 0 Å². The van der Waals surface area contributed by atoms with Gasteiger partial charge >= 0.3 is 5.97 Å². The third-order valence-corrected chi connectivity index (χ3v) is 5.93. The van der Waals surface area contributed by atoms with E-state index >= 15 is 0 Å². The van der Waals surface area contributed by atoms with Gasteiger partial charge in [0.1, 0.15) is 11.6 Å². The SMILES string of the molecule is C[C@H](c1ccccc1)N1C[C@H](C(=O)OCc2nc3ccccc3s2)CC1=O. The first-order valence-electron chi connectivity index (χ1n) is 8.97. The average molecular weight is 380 g/mol. The highest BCUT2D eigenvalue weighted by Gasteiger charge is 2.37. The number of benzene rings is 2. The van der Waals surface area contributed by atoms with E-state index in [0.29, 0.717) is 6.54 Å². The maximum Gasteiger partial charge on any atom is 0.311 e. The van der Waals surface area contributed by atoms with Gasteiger partial charge in [-0.25, -0.2) is 4.98 Å². The van der Waals surface area contributed by atoms with E-state index < -0.39 is 5.92 Å². The quantitative estimate of drug-likeness (QED) is 0.629. The predicted octanol–water partition coefficient (Wildman–Crippen LogP) is 3.95. The Morgan fingerprint density at radius 1 is 1.22 bits per heavy atom. The molecular weight excluding hydrogens is 360 g/mol. The van der Waals surface area contributed by atoms with Gasteiger partial charge < -0.3 is 9.64 Å². The zero-order valence-electron chi connectivity index (χ0n) is 15.0. The normalized spacial score (nSPS) is 18.0. The summed E-state index contributed by atoms with van der Waals surface area (Å²) in [6.07, 6.45) is 0.204. The van der Waals surface area contributed by atoms with Crippen LogP contribution in [0, 0.1) is 5.92 Å². The fourth-order valence-electron chi connectivity index (χ4n) is 3.41. The fraction of sp³-hybridized carbons (Fsp3) is 0.286. The number of aromatic nitrogens is 1. The smallest absolute Gasteiger partial charge is 0.311 e. The number of rotatable bonds is 5. The van der Waals surface area contributed by atoms with Crippen molar-refractivity contribution < 1.29 is 14.3 Å². The van der Waals surface area contributed by atoms with Gasteiger partial charge in [-0.15, -0.1) is 11.3 Å². The van der Waals surface area contributed by atoms with E-state index in [2.05, 4.69) is 4.98 Å². The molecule has 0 unspecified atom stereocenters. The molecule has 0 saturated carbocycles. The number of amides is 1. The number of hydrogen-bond acceptors (Lipinski definition) is 5. The van der Waals surface area contributed by atoms with E-state index in [4.69, 9.17) is 4.74 Å². The summed E-state index contributed by atoms with van der Waals surface area (Å²) < 4.78 is 6.53. The summed E-state index contributed by atoms with van der Waals surface area (Å²) in [4.78, 5) is 31.1. The number of para-hydroxylation sites is 1. The van der Waals surface area contributed by atoms with Crippen LogP contribution in [0.15, 0.2) is 54.6 Å². The maximum atomic E-state index is 12.5. The molecule has 6 heteroatoms. The summed E-state index contributed by atoms with van der Waals surface area (Å²) in [6, 6.07) is 17.6. The topological polar surface area (TPSA) is 59.5 Å². The number of esters is 1. The Hall–Kier alpha value is -2.73. The first-order chi connectivity index (χ1) is 13.1. The van der Waals surface area contributed by atoms with Gasteiger partial charge in [0.2, 0.25) is 5.91 Å². The lowest BCUT2D eigenvalue weighted by atomic mass is 10.1. The van der Waals surface area contributed by atoms with Gasteiger partial charge in [-0.05, 0) is 24.6 Å². The van der Waals surface area contributed by atoms with Gasteiger partial charge in [0.15, 0.2) is 0 Å². The third kappa shape index (κ3) is 3.71. The van der Waals surface area contributed by atoms with Crippen molar-refractivity contribution in [2.24, 2.45) is 5.92 Å². The average Bonchev–Trinajstić information content (AvgIpc) is 3.29. The monoisotopic (exact) mass is 380 g/mol. The second kappa shape index (κ2) is 7.48. The molecule has 3 aromatic rings. The van der Waals surface area contributed by atoms with Crippen molar-refractivity contribution in [1.29, 1.82) is 0 Å². The number of likely N-dealkylation sites (tertiary alicyclic amines) is 1. The van der Waals surface area contributed by atoms with Crippen molar-refractivity contribution >= 4 is 33.4 Å². The Morgan fingerprint density at radius 2 is 1.96 bits per heavy atom. The summed E-state index contributed by atoms with van der Waals surface area (Å²) in [5.41, 5.74) is 1.97. The predicted molar refractivity (Wildman–Crippen MR) is 104 cm³/mol. The Bertz CT molecular complexity index is 937. The maximum absolute atomic E-state index is 12.5. The summed E-state index contributed by atoms with van der Waals surface area (Å²) in [5, 5.41) is 0.767. The van der Waals surface area contributed by atoms with E-state index in [1.165, 1.54) is 11.3 Å². The summed E-state index contributed by atoms with van der Waals surface area (Å²) in [6.45, 7) is 2.53. The number of fused-ring (bicyclic) bond motifs is 1. The molecule has 1 fully saturated rings. The molecule has 27 heavy (non-hydrogen) atoms. The number of hydrogen-bond donors (Lipinski definition) is 0. The Labute approximate surface area is 161 Å².